The molecule has 0 aliphatic heterocycles. The van der Waals surface area contributed by atoms with Gasteiger partial charge in [0.15, 0.2) is 0 Å². The van der Waals surface area contributed by atoms with Crippen molar-refractivity contribution in [2.75, 3.05) is 6.61 Å². The van der Waals surface area contributed by atoms with Gasteiger partial charge in [-0.3, -0.25) is 14.8 Å². The summed E-state index contributed by atoms with van der Waals surface area (Å²) < 4.78 is 7.61. The summed E-state index contributed by atoms with van der Waals surface area (Å²) in [6.07, 6.45) is 1.60. The number of ether oxygens (including phenoxy) is 1. The van der Waals surface area contributed by atoms with Crippen molar-refractivity contribution in [3.63, 3.8) is 0 Å². The Balaban J connectivity index is 1.85. The van der Waals surface area contributed by atoms with Gasteiger partial charge >= 0.3 is 5.69 Å². The molecule has 0 radical (unpaired) electrons. The maximum Gasteiger partial charge on any atom is 0.306 e. The second-order valence-corrected chi connectivity index (χ2v) is 5.02. The molecule has 0 aliphatic carbocycles. The van der Waals surface area contributed by atoms with Crippen LogP contribution in [0, 0.1) is 10.1 Å². The van der Waals surface area contributed by atoms with Crippen LogP contribution in [0.15, 0.2) is 41.1 Å². The average Bonchev–Trinajstić information content (AvgIpc) is 2.85. The molecule has 1 N–H and O–H groups in total. The van der Waals surface area contributed by atoms with Crippen LogP contribution in [0.3, 0.4) is 0 Å². The van der Waals surface area contributed by atoms with Gasteiger partial charge in [-0.1, -0.05) is 22.0 Å². The van der Waals surface area contributed by atoms with E-state index in [-0.39, 0.29) is 18.8 Å². The minimum absolute atomic E-state index is 0.0735. The van der Waals surface area contributed by atoms with Crippen molar-refractivity contribution in [3.05, 3.63) is 51.2 Å². The summed E-state index contributed by atoms with van der Waals surface area (Å²) >= 11 is 3.32. The summed E-state index contributed by atoms with van der Waals surface area (Å²) in [5, 5.41) is 24.1. The van der Waals surface area contributed by atoms with Gasteiger partial charge in [-0.25, -0.2) is 0 Å². The van der Waals surface area contributed by atoms with E-state index in [4.69, 9.17) is 4.74 Å². The van der Waals surface area contributed by atoms with Crippen LogP contribution in [0.25, 0.3) is 0 Å². The third-order valence-electron chi connectivity index (χ3n) is 2.47. The predicted molar refractivity (Wildman–Crippen MR) is 74.5 cm³/mol. The maximum absolute atomic E-state index is 10.5. The van der Waals surface area contributed by atoms with Crippen molar-refractivity contribution in [1.82, 2.24) is 9.78 Å². The lowest BCUT2D eigenvalue weighted by molar-refractivity contribution is -0.385. The highest BCUT2D eigenvalue weighted by Crippen LogP contribution is 2.18. The second-order valence-electron chi connectivity index (χ2n) is 4.10. The summed E-state index contributed by atoms with van der Waals surface area (Å²) in [5.41, 5.74) is -0.106. The fourth-order valence-electron chi connectivity index (χ4n) is 1.56. The Morgan fingerprint density at radius 2 is 2.35 bits per heavy atom. The third-order valence-corrected chi connectivity index (χ3v) is 2.96. The molecule has 2 rings (SSSR count). The van der Waals surface area contributed by atoms with Gasteiger partial charge in [-0.2, -0.15) is 5.10 Å². The number of halogens is 1. The standard InChI is InChI=1S/C12H12BrN3O4/c13-9-2-1-3-12(4-9)20-8-11(17)7-15-6-10(5-14-15)16(18)19/h1-6,11,17H,7-8H2. The van der Waals surface area contributed by atoms with Gasteiger partial charge in [-0.05, 0) is 18.2 Å². The van der Waals surface area contributed by atoms with E-state index in [1.807, 2.05) is 12.1 Å². The molecule has 0 amide bonds. The van der Waals surface area contributed by atoms with E-state index in [1.54, 1.807) is 12.1 Å². The predicted octanol–water partition coefficient (Wildman–Crippen LogP) is 1.99. The van der Waals surface area contributed by atoms with Crippen LogP contribution in [0.4, 0.5) is 5.69 Å². The van der Waals surface area contributed by atoms with Gasteiger partial charge in [0, 0.05) is 4.47 Å². The smallest absolute Gasteiger partial charge is 0.306 e. The number of aliphatic hydroxyl groups is 1. The first-order valence-electron chi connectivity index (χ1n) is 5.78. The van der Waals surface area contributed by atoms with Crippen LogP contribution in [-0.4, -0.2) is 32.5 Å². The Kier molecular flexibility index (Phi) is 4.70. The Morgan fingerprint density at radius 3 is 3.00 bits per heavy atom. The lowest BCUT2D eigenvalue weighted by Crippen LogP contribution is -2.23. The largest absolute Gasteiger partial charge is 0.491 e. The molecule has 1 heterocycles. The number of hydrogen-bond acceptors (Lipinski definition) is 5. The van der Waals surface area contributed by atoms with Gasteiger partial charge < -0.3 is 9.84 Å². The zero-order chi connectivity index (χ0) is 14.5. The quantitative estimate of drug-likeness (QED) is 0.640. The fraction of sp³-hybridized carbons (Fsp3) is 0.250. The van der Waals surface area contributed by atoms with Crippen LogP contribution in [0.2, 0.25) is 0 Å². The molecule has 2 aromatic rings. The number of aromatic nitrogens is 2. The molecule has 0 saturated carbocycles. The van der Waals surface area contributed by atoms with Crippen LogP contribution < -0.4 is 4.74 Å². The summed E-state index contributed by atoms with van der Waals surface area (Å²) in [6, 6.07) is 7.25. The Bertz CT molecular complexity index is 602. The minimum atomic E-state index is -0.812. The monoisotopic (exact) mass is 341 g/mol. The molecule has 7 nitrogen and oxygen atoms in total. The summed E-state index contributed by atoms with van der Waals surface area (Å²) in [7, 11) is 0. The molecule has 8 heteroatoms. The van der Waals surface area contributed by atoms with Crippen molar-refractivity contribution in [3.8, 4) is 5.75 Å². The molecular formula is C12H12BrN3O4. The molecule has 20 heavy (non-hydrogen) atoms. The number of nitrogens with zero attached hydrogens (tertiary/aromatic N) is 3. The topological polar surface area (TPSA) is 90.4 Å². The zero-order valence-corrected chi connectivity index (χ0v) is 11.9. The highest BCUT2D eigenvalue weighted by atomic mass is 79.9. The average molecular weight is 342 g/mol. The Labute approximate surface area is 123 Å². The second kappa shape index (κ2) is 6.49. The molecule has 1 unspecified atom stereocenters. The minimum Gasteiger partial charge on any atom is -0.491 e. The molecule has 0 aliphatic rings. The van der Waals surface area contributed by atoms with Gasteiger partial charge in [0.25, 0.3) is 0 Å². The van der Waals surface area contributed by atoms with Crippen molar-refractivity contribution in [1.29, 1.82) is 0 Å². The van der Waals surface area contributed by atoms with Gasteiger partial charge in [0.05, 0.1) is 11.5 Å². The van der Waals surface area contributed by atoms with Gasteiger partial charge in [0.1, 0.15) is 30.9 Å². The van der Waals surface area contributed by atoms with Gasteiger partial charge in [0.2, 0.25) is 0 Å². The number of rotatable bonds is 6. The molecule has 1 aromatic heterocycles. The molecule has 1 atom stereocenters. The summed E-state index contributed by atoms with van der Waals surface area (Å²) in [5.74, 6) is 0.630. The van der Waals surface area contributed by atoms with Gasteiger partial charge in [-0.15, -0.1) is 0 Å². The number of nitro groups is 1. The SMILES string of the molecule is O=[N+]([O-])c1cnn(CC(O)COc2cccc(Br)c2)c1. The van der Waals surface area contributed by atoms with Crippen LogP contribution in [0.5, 0.6) is 5.75 Å². The first kappa shape index (κ1) is 14.5. The number of aliphatic hydroxyl groups excluding tert-OH is 1. The fourth-order valence-corrected chi connectivity index (χ4v) is 1.94. The van der Waals surface area contributed by atoms with E-state index in [0.29, 0.717) is 5.75 Å². The lowest BCUT2D eigenvalue weighted by Gasteiger charge is -2.12. The molecule has 0 bridgehead atoms. The van der Waals surface area contributed by atoms with E-state index < -0.39 is 11.0 Å². The normalized spacial score (nSPS) is 12.1. The van der Waals surface area contributed by atoms with Crippen LogP contribution in [-0.2, 0) is 6.54 Å². The third kappa shape index (κ3) is 4.04. The van der Waals surface area contributed by atoms with Crippen LogP contribution in [0.1, 0.15) is 0 Å². The molecule has 1 aromatic carbocycles. The first-order valence-corrected chi connectivity index (χ1v) is 6.57. The highest BCUT2D eigenvalue weighted by molar-refractivity contribution is 9.10. The van der Waals surface area contributed by atoms with Crippen molar-refractivity contribution >= 4 is 21.6 Å². The number of benzene rings is 1. The number of hydrogen-bond donors (Lipinski definition) is 1. The zero-order valence-electron chi connectivity index (χ0n) is 10.3. The Hall–Kier alpha value is -1.93. The van der Waals surface area contributed by atoms with E-state index in [0.717, 1.165) is 10.7 Å². The molecule has 0 saturated heterocycles. The highest BCUT2D eigenvalue weighted by Gasteiger charge is 2.12. The molecular weight excluding hydrogens is 330 g/mol. The van der Waals surface area contributed by atoms with Crippen LogP contribution >= 0.6 is 15.9 Å². The molecule has 0 fully saturated rings. The summed E-state index contributed by atoms with van der Waals surface area (Å²) in [6.45, 7) is 0.200. The molecule has 0 spiro atoms. The lowest BCUT2D eigenvalue weighted by atomic mass is 10.3. The molecule has 106 valence electrons. The Morgan fingerprint density at radius 1 is 1.55 bits per heavy atom. The van der Waals surface area contributed by atoms with E-state index in [9.17, 15) is 15.2 Å². The van der Waals surface area contributed by atoms with Crippen molar-refractivity contribution in [2.24, 2.45) is 0 Å². The van der Waals surface area contributed by atoms with E-state index >= 15 is 0 Å². The van der Waals surface area contributed by atoms with Crippen molar-refractivity contribution < 1.29 is 14.8 Å². The van der Waals surface area contributed by atoms with E-state index in [1.165, 1.54) is 10.9 Å². The maximum atomic E-state index is 10.5. The summed E-state index contributed by atoms with van der Waals surface area (Å²) in [4.78, 5) is 9.97. The van der Waals surface area contributed by atoms with Crippen molar-refractivity contribution in [2.45, 2.75) is 12.6 Å². The van der Waals surface area contributed by atoms with E-state index in [2.05, 4.69) is 21.0 Å². The first-order chi connectivity index (χ1) is 9.54.